The molecule has 122 valence electrons. The van der Waals surface area contributed by atoms with Crippen molar-refractivity contribution in [3.8, 4) is 17.3 Å². The molecule has 1 aromatic heterocycles. The highest BCUT2D eigenvalue weighted by Gasteiger charge is 2.27. The summed E-state index contributed by atoms with van der Waals surface area (Å²) in [5.74, 6) is -1.69. The molecule has 0 unspecified atom stereocenters. The molecule has 1 amide bonds. The summed E-state index contributed by atoms with van der Waals surface area (Å²) in [5, 5.41) is 33.5. The van der Waals surface area contributed by atoms with E-state index in [-0.39, 0.29) is 17.1 Å². The quantitative estimate of drug-likeness (QED) is 0.322. The molecule has 9 heteroatoms. The lowest BCUT2D eigenvalue weighted by Crippen LogP contribution is -2.26. The van der Waals surface area contributed by atoms with Crippen LogP contribution in [-0.4, -0.2) is 37.4 Å². The first-order valence-electron chi connectivity index (χ1n) is 7.00. The molecule has 0 bridgehead atoms. The van der Waals surface area contributed by atoms with Gasteiger partial charge in [0.25, 0.3) is 11.6 Å². The van der Waals surface area contributed by atoms with E-state index in [0.717, 1.165) is 12.8 Å². The molecule has 0 spiro atoms. The van der Waals surface area contributed by atoms with Crippen LogP contribution in [0.4, 0.5) is 5.69 Å². The van der Waals surface area contributed by atoms with Gasteiger partial charge < -0.3 is 15.6 Å². The molecular weight excluding hydrogens is 304 g/mol. The number of unbranched alkanes of at least 4 members (excludes halogenated alkanes) is 1. The number of carbonyl (C=O) groups excluding carboxylic acids is 1. The Hall–Kier alpha value is -3.10. The third kappa shape index (κ3) is 3.23. The Bertz CT molecular complexity index is 741. The van der Waals surface area contributed by atoms with E-state index in [2.05, 4.69) is 10.3 Å². The third-order valence-corrected chi connectivity index (χ3v) is 3.21. The van der Waals surface area contributed by atoms with Crippen molar-refractivity contribution in [3.05, 3.63) is 40.1 Å². The fourth-order valence-electron chi connectivity index (χ4n) is 2.06. The smallest absolute Gasteiger partial charge is 0.280 e. The molecular formula is C14H16N4O5. The van der Waals surface area contributed by atoms with Crippen molar-refractivity contribution in [2.75, 3.05) is 6.54 Å². The molecule has 1 heterocycles. The highest BCUT2D eigenvalue weighted by atomic mass is 16.6. The molecule has 0 aliphatic carbocycles. The molecule has 3 N–H and O–H groups in total. The molecule has 0 aliphatic heterocycles. The molecule has 0 saturated heterocycles. The average Bonchev–Trinajstić information content (AvgIpc) is 2.82. The Labute approximate surface area is 131 Å². The maximum atomic E-state index is 12.0. The number of hydrogen-bond donors (Lipinski definition) is 3. The predicted molar refractivity (Wildman–Crippen MR) is 80.4 cm³/mol. The maximum Gasteiger partial charge on any atom is 0.280 e. The monoisotopic (exact) mass is 320 g/mol. The summed E-state index contributed by atoms with van der Waals surface area (Å²) in [7, 11) is 0. The maximum absolute atomic E-state index is 12.0. The Morgan fingerprint density at radius 2 is 2.13 bits per heavy atom. The van der Waals surface area contributed by atoms with Crippen LogP contribution < -0.4 is 5.32 Å². The fraction of sp³-hybridized carbons (Fsp3) is 0.286. The van der Waals surface area contributed by atoms with E-state index in [1.54, 1.807) is 0 Å². The largest absolute Gasteiger partial charge is 0.492 e. The Balaban J connectivity index is 2.42. The van der Waals surface area contributed by atoms with Gasteiger partial charge in [0.2, 0.25) is 11.6 Å². The first kappa shape index (κ1) is 16.3. The summed E-state index contributed by atoms with van der Waals surface area (Å²) in [5.41, 5.74) is -0.775. The van der Waals surface area contributed by atoms with Gasteiger partial charge in [0.15, 0.2) is 5.82 Å². The van der Waals surface area contributed by atoms with E-state index in [1.165, 1.54) is 24.3 Å². The van der Waals surface area contributed by atoms with Gasteiger partial charge in [-0.05, 0) is 12.5 Å². The number of aromatic nitrogens is 2. The van der Waals surface area contributed by atoms with Crippen LogP contribution in [0.1, 0.15) is 30.3 Å². The molecule has 1 aromatic carbocycles. The molecule has 0 saturated carbocycles. The van der Waals surface area contributed by atoms with Crippen molar-refractivity contribution in [2.24, 2.45) is 0 Å². The summed E-state index contributed by atoms with van der Waals surface area (Å²) in [4.78, 5) is 26.1. The van der Waals surface area contributed by atoms with Crippen LogP contribution in [0.25, 0.3) is 11.4 Å². The van der Waals surface area contributed by atoms with E-state index in [4.69, 9.17) is 0 Å². The molecule has 0 atom stereocenters. The van der Waals surface area contributed by atoms with Gasteiger partial charge in [0.05, 0.1) is 10.5 Å². The van der Waals surface area contributed by atoms with Crippen LogP contribution in [0.2, 0.25) is 0 Å². The van der Waals surface area contributed by atoms with E-state index >= 15 is 0 Å². The van der Waals surface area contributed by atoms with Crippen molar-refractivity contribution in [2.45, 2.75) is 19.8 Å². The van der Waals surface area contributed by atoms with Gasteiger partial charge in [-0.1, -0.05) is 25.5 Å². The lowest BCUT2D eigenvalue weighted by molar-refractivity contribution is -0.384. The number of nitro groups is 1. The number of benzene rings is 1. The minimum Gasteiger partial charge on any atom is -0.492 e. The van der Waals surface area contributed by atoms with Crippen molar-refractivity contribution in [1.82, 2.24) is 15.0 Å². The zero-order valence-electron chi connectivity index (χ0n) is 12.4. The number of aromatic hydroxyl groups is 1. The van der Waals surface area contributed by atoms with E-state index in [1.807, 2.05) is 6.92 Å². The minimum atomic E-state index is -0.712. The van der Waals surface area contributed by atoms with Gasteiger partial charge in [-0.15, -0.1) is 0 Å². The van der Waals surface area contributed by atoms with Gasteiger partial charge >= 0.3 is 0 Å². The number of rotatable bonds is 6. The zero-order chi connectivity index (χ0) is 17.0. The number of nitro benzene ring substituents is 1. The number of carbonyl (C=O) groups is 1. The highest BCUT2D eigenvalue weighted by Crippen LogP contribution is 2.31. The average molecular weight is 320 g/mol. The number of amides is 1. The van der Waals surface area contributed by atoms with Crippen molar-refractivity contribution >= 4 is 11.6 Å². The van der Waals surface area contributed by atoms with Crippen LogP contribution in [-0.2, 0) is 0 Å². The fourth-order valence-corrected chi connectivity index (χ4v) is 2.06. The normalized spacial score (nSPS) is 10.5. The molecule has 9 nitrogen and oxygen atoms in total. The highest BCUT2D eigenvalue weighted by molar-refractivity contribution is 5.95. The molecule has 2 aromatic rings. The van der Waals surface area contributed by atoms with Crippen molar-refractivity contribution in [1.29, 1.82) is 0 Å². The number of para-hydroxylation sites is 1. The van der Waals surface area contributed by atoms with Crippen LogP contribution in [0.3, 0.4) is 0 Å². The second-order valence-electron chi connectivity index (χ2n) is 4.80. The standard InChI is InChI=1S/C14H16N4O5/c1-2-3-8-15-13(19)11-14(20)16-12(17(11)21)9-6-4-5-7-10(9)18(22)23/h4-7,20-21H,2-3,8H2,1H3,(H,15,19). The van der Waals surface area contributed by atoms with E-state index in [9.17, 15) is 25.2 Å². The van der Waals surface area contributed by atoms with Crippen LogP contribution >= 0.6 is 0 Å². The van der Waals surface area contributed by atoms with Gasteiger partial charge in [0.1, 0.15) is 0 Å². The third-order valence-electron chi connectivity index (χ3n) is 3.21. The summed E-state index contributed by atoms with van der Waals surface area (Å²) in [6.45, 7) is 2.33. The SMILES string of the molecule is CCCCNC(=O)c1c(O)nc(-c2ccccc2[N+](=O)[O-])n1O. The van der Waals surface area contributed by atoms with E-state index < -0.39 is 22.4 Å². The Morgan fingerprint density at radius 1 is 1.43 bits per heavy atom. The summed E-state index contributed by atoms with van der Waals surface area (Å²) < 4.78 is 0.360. The zero-order valence-corrected chi connectivity index (χ0v) is 12.4. The van der Waals surface area contributed by atoms with Crippen LogP contribution in [0.5, 0.6) is 5.88 Å². The summed E-state index contributed by atoms with van der Waals surface area (Å²) in [6, 6.07) is 5.59. The number of nitrogens with zero attached hydrogens (tertiary/aromatic N) is 3. The number of hydrogen-bond acceptors (Lipinski definition) is 6. The van der Waals surface area contributed by atoms with Crippen molar-refractivity contribution < 1.29 is 20.0 Å². The van der Waals surface area contributed by atoms with Crippen molar-refractivity contribution in [3.63, 3.8) is 0 Å². The van der Waals surface area contributed by atoms with Gasteiger partial charge in [-0.2, -0.15) is 9.71 Å². The lowest BCUT2D eigenvalue weighted by atomic mass is 10.2. The minimum absolute atomic E-state index is 0.0112. The Kier molecular flexibility index (Phi) is 4.79. The number of nitrogens with one attached hydrogen (secondary N) is 1. The lowest BCUT2D eigenvalue weighted by Gasteiger charge is -2.05. The molecule has 0 radical (unpaired) electrons. The van der Waals surface area contributed by atoms with Crippen LogP contribution in [0, 0.1) is 10.1 Å². The second kappa shape index (κ2) is 6.77. The van der Waals surface area contributed by atoms with Gasteiger partial charge in [0, 0.05) is 12.6 Å². The van der Waals surface area contributed by atoms with E-state index in [0.29, 0.717) is 11.3 Å². The second-order valence-corrected chi connectivity index (χ2v) is 4.80. The first-order chi connectivity index (χ1) is 11.0. The van der Waals surface area contributed by atoms with Crippen LogP contribution in [0.15, 0.2) is 24.3 Å². The molecule has 0 aliphatic rings. The summed E-state index contributed by atoms with van der Waals surface area (Å²) in [6.07, 6.45) is 1.61. The molecule has 23 heavy (non-hydrogen) atoms. The predicted octanol–water partition coefficient (Wildman–Crippen LogP) is 1.93. The topological polar surface area (TPSA) is 131 Å². The summed E-state index contributed by atoms with van der Waals surface area (Å²) >= 11 is 0. The molecule has 0 fully saturated rings. The van der Waals surface area contributed by atoms with Gasteiger partial charge in [-0.25, -0.2) is 0 Å². The Morgan fingerprint density at radius 3 is 2.78 bits per heavy atom. The van der Waals surface area contributed by atoms with Gasteiger partial charge in [-0.3, -0.25) is 14.9 Å². The first-order valence-corrected chi connectivity index (χ1v) is 7.00. The molecule has 2 rings (SSSR count). The number of imidazole rings is 1.